The van der Waals surface area contributed by atoms with Crippen LogP contribution in [0, 0.1) is 5.92 Å². The van der Waals surface area contributed by atoms with Gasteiger partial charge in [-0.05, 0) is 68.7 Å². The topological polar surface area (TPSA) is 41.9 Å². The first-order valence-electron chi connectivity index (χ1n) is 11.5. The zero-order valence-electron chi connectivity index (χ0n) is 19.8. The van der Waals surface area contributed by atoms with Crippen molar-refractivity contribution in [2.75, 3.05) is 19.7 Å². The number of rotatable bonds is 11. The first kappa shape index (κ1) is 24.2. The van der Waals surface area contributed by atoms with Crippen LogP contribution in [0.4, 0.5) is 0 Å². The van der Waals surface area contributed by atoms with E-state index in [-0.39, 0.29) is 11.1 Å². The molecule has 1 aliphatic carbocycles. The summed E-state index contributed by atoms with van der Waals surface area (Å²) in [7, 11) is -0.781. The first-order chi connectivity index (χ1) is 13.7. The zero-order valence-corrected chi connectivity index (χ0v) is 21.2. The molecule has 4 nitrogen and oxygen atoms in total. The Balaban J connectivity index is 2.05. The van der Waals surface area contributed by atoms with Crippen molar-refractivity contribution in [2.45, 2.75) is 91.3 Å². The van der Waals surface area contributed by atoms with Gasteiger partial charge in [0.15, 0.2) is 5.75 Å². The molecule has 2 rings (SSSR count). The fraction of sp³-hybridized carbons (Fsp3) is 0.750. The van der Waals surface area contributed by atoms with Gasteiger partial charge in [0.2, 0.25) is 9.76 Å². The third kappa shape index (κ3) is 6.73. The highest BCUT2D eigenvalue weighted by Gasteiger charge is 2.28. The molecule has 5 heteroatoms. The van der Waals surface area contributed by atoms with Gasteiger partial charge in [0.25, 0.3) is 0 Å². The maximum absolute atomic E-state index is 10.9. The summed E-state index contributed by atoms with van der Waals surface area (Å²) in [6.07, 6.45) is 4.44. The summed E-state index contributed by atoms with van der Waals surface area (Å²) < 4.78 is 12.0. The van der Waals surface area contributed by atoms with Crippen LogP contribution in [0.2, 0.25) is 5.04 Å². The lowest BCUT2D eigenvalue weighted by Crippen LogP contribution is -2.42. The number of phenols is 1. The van der Waals surface area contributed by atoms with E-state index < -0.39 is 9.76 Å². The molecule has 0 heterocycles. The monoisotopic (exact) mass is 421 g/mol. The Labute approximate surface area is 180 Å². The summed E-state index contributed by atoms with van der Waals surface area (Å²) in [5.41, 5.74) is 2.38. The van der Waals surface area contributed by atoms with Crippen molar-refractivity contribution in [2.24, 2.45) is 5.92 Å². The number of nitrogens with zero attached hydrogens (tertiary/aromatic N) is 1. The van der Waals surface area contributed by atoms with Crippen molar-refractivity contribution in [3.05, 3.63) is 23.3 Å². The van der Waals surface area contributed by atoms with E-state index in [2.05, 4.69) is 59.4 Å². The fourth-order valence-corrected chi connectivity index (χ4v) is 4.92. The van der Waals surface area contributed by atoms with Gasteiger partial charge >= 0.3 is 0 Å². The average Bonchev–Trinajstić information content (AvgIpc) is 2.66. The predicted molar refractivity (Wildman–Crippen MR) is 125 cm³/mol. The Bertz CT molecular complexity index is 645. The standard InChI is InChI=1S/C24H43NO3Si/c1-8-13-25(14-15-27-18(4)5)20-10-11-21-19(16-20)9-12-22(23(21)26)28-29-24(6,7)17(2)3/h9,12,17-18,20,26H,8,10-11,13-16,29H2,1-7H3/t20-/m0/s1. The van der Waals surface area contributed by atoms with Gasteiger partial charge in [0.05, 0.1) is 12.7 Å². The van der Waals surface area contributed by atoms with Gasteiger partial charge in [-0.1, -0.05) is 40.7 Å². The molecule has 0 fully saturated rings. The van der Waals surface area contributed by atoms with Crippen molar-refractivity contribution in [1.29, 1.82) is 0 Å². The van der Waals surface area contributed by atoms with E-state index in [9.17, 15) is 5.11 Å². The second kappa shape index (κ2) is 10.8. The minimum atomic E-state index is -0.781. The number of hydrogen-bond donors (Lipinski definition) is 1. The number of ether oxygens (including phenoxy) is 1. The van der Waals surface area contributed by atoms with Gasteiger partial charge in [-0.2, -0.15) is 0 Å². The molecule has 0 bridgehead atoms. The number of benzene rings is 1. The lowest BCUT2D eigenvalue weighted by Gasteiger charge is -2.36. The molecule has 166 valence electrons. The Morgan fingerprint density at radius 2 is 1.93 bits per heavy atom. The molecule has 1 atom stereocenters. The van der Waals surface area contributed by atoms with Crippen LogP contribution in [0.1, 0.15) is 72.4 Å². The highest BCUT2D eigenvalue weighted by atomic mass is 28.2. The van der Waals surface area contributed by atoms with Crippen molar-refractivity contribution in [3.63, 3.8) is 0 Å². The molecular formula is C24H43NO3Si. The fourth-order valence-electron chi connectivity index (χ4n) is 3.82. The van der Waals surface area contributed by atoms with Crippen LogP contribution >= 0.6 is 0 Å². The Hall–Kier alpha value is -1.04. The predicted octanol–water partition coefficient (Wildman–Crippen LogP) is 4.70. The number of hydrogen-bond acceptors (Lipinski definition) is 4. The summed E-state index contributed by atoms with van der Waals surface area (Å²) in [6.45, 7) is 18.3. The van der Waals surface area contributed by atoms with E-state index in [1.807, 2.05) is 6.07 Å². The minimum absolute atomic E-state index is 0.214. The summed E-state index contributed by atoms with van der Waals surface area (Å²) in [4.78, 5) is 2.57. The maximum atomic E-state index is 10.9. The quantitative estimate of drug-likeness (QED) is 0.526. The lowest BCUT2D eigenvalue weighted by atomic mass is 9.86. The van der Waals surface area contributed by atoms with Crippen LogP contribution in [-0.4, -0.2) is 51.6 Å². The molecular weight excluding hydrogens is 378 g/mol. The molecule has 0 aromatic heterocycles. The summed E-state index contributed by atoms with van der Waals surface area (Å²) >= 11 is 0. The number of aromatic hydroxyl groups is 1. The second-order valence-electron chi connectivity index (χ2n) is 9.83. The Kier molecular flexibility index (Phi) is 9.05. The summed E-state index contributed by atoms with van der Waals surface area (Å²) in [5.74, 6) is 1.66. The van der Waals surface area contributed by atoms with Gasteiger partial charge in [-0.15, -0.1) is 0 Å². The van der Waals surface area contributed by atoms with Crippen LogP contribution < -0.4 is 4.43 Å². The largest absolute Gasteiger partial charge is 0.546 e. The van der Waals surface area contributed by atoms with E-state index in [1.54, 1.807) is 0 Å². The number of fused-ring (bicyclic) bond motifs is 1. The van der Waals surface area contributed by atoms with Gasteiger partial charge in [-0.25, -0.2) is 0 Å². The normalized spacial score (nSPS) is 17.7. The van der Waals surface area contributed by atoms with Crippen LogP contribution in [0.5, 0.6) is 11.5 Å². The molecule has 0 aliphatic heterocycles. The average molecular weight is 422 g/mol. The van der Waals surface area contributed by atoms with Crippen LogP contribution in [-0.2, 0) is 17.6 Å². The van der Waals surface area contributed by atoms with Crippen LogP contribution in [0.3, 0.4) is 0 Å². The molecule has 0 amide bonds. The highest BCUT2D eigenvalue weighted by molar-refractivity contribution is 6.33. The molecule has 0 saturated carbocycles. The molecule has 1 N–H and O–H groups in total. The van der Waals surface area contributed by atoms with Crippen molar-refractivity contribution in [1.82, 2.24) is 4.90 Å². The molecule has 0 radical (unpaired) electrons. The maximum Gasteiger partial charge on any atom is 0.225 e. The Morgan fingerprint density at radius 3 is 2.55 bits per heavy atom. The smallest absolute Gasteiger partial charge is 0.225 e. The molecule has 1 aromatic carbocycles. The summed E-state index contributed by atoms with van der Waals surface area (Å²) in [6, 6.07) is 4.70. The molecule has 0 spiro atoms. The molecule has 0 unspecified atom stereocenters. The van der Waals surface area contributed by atoms with Gasteiger partial charge < -0.3 is 14.3 Å². The first-order valence-corrected chi connectivity index (χ1v) is 12.8. The van der Waals surface area contributed by atoms with E-state index in [0.717, 1.165) is 50.9 Å². The van der Waals surface area contributed by atoms with Crippen LogP contribution in [0.15, 0.2) is 12.1 Å². The van der Waals surface area contributed by atoms with Crippen molar-refractivity contribution < 1.29 is 14.3 Å². The number of phenolic OH excluding ortho intramolecular Hbond substituents is 1. The minimum Gasteiger partial charge on any atom is -0.546 e. The van der Waals surface area contributed by atoms with Gasteiger partial charge in [0, 0.05) is 18.2 Å². The van der Waals surface area contributed by atoms with Crippen LogP contribution in [0.25, 0.3) is 0 Å². The summed E-state index contributed by atoms with van der Waals surface area (Å²) in [5, 5.41) is 11.1. The van der Waals surface area contributed by atoms with E-state index in [1.165, 1.54) is 5.56 Å². The third-order valence-corrected chi connectivity index (χ3v) is 8.56. The third-order valence-electron chi connectivity index (χ3n) is 6.55. The molecule has 0 saturated heterocycles. The van der Waals surface area contributed by atoms with E-state index in [4.69, 9.17) is 9.16 Å². The van der Waals surface area contributed by atoms with E-state index >= 15 is 0 Å². The Morgan fingerprint density at radius 1 is 1.21 bits per heavy atom. The molecule has 1 aromatic rings. The van der Waals surface area contributed by atoms with Crippen molar-refractivity contribution >= 4 is 9.76 Å². The SMILES string of the molecule is CCCN(CCOC(C)C)[C@H]1CCc2c(ccc(O[SiH2]C(C)(C)C(C)C)c2O)C1. The second-order valence-corrected chi connectivity index (χ2v) is 12.2. The highest BCUT2D eigenvalue weighted by Crippen LogP contribution is 2.39. The zero-order chi connectivity index (χ0) is 21.6. The lowest BCUT2D eigenvalue weighted by molar-refractivity contribution is 0.0465. The molecule has 29 heavy (non-hydrogen) atoms. The van der Waals surface area contributed by atoms with Crippen molar-refractivity contribution in [3.8, 4) is 11.5 Å². The van der Waals surface area contributed by atoms with E-state index in [0.29, 0.717) is 23.5 Å². The van der Waals surface area contributed by atoms with Gasteiger partial charge in [0.1, 0.15) is 5.75 Å². The molecule has 1 aliphatic rings. The van der Waals surface area contributed by atoms with Gasteiger partial charge in [-0.3, -0.25) is 4.90 Å².